The Morgan fingerprint density at radius 1 is 1.14 bits per heavy atom. The zero-order chi connectivity index (χ0) is 15.0. The quantitative estimate of drug-likeness (QED) is 0.689. The van der Waals surface area contributed by atoms with E-state index in [2.05, 4.69) is 9.97 Å². The highest BCUT2D eigenvalue weighted by Gasteiger charge is 2.18. The number of fused-ring (bicyclic) bond motifs is 1. The lowest BCUT2D eigenvalue weighted by atomic mass is 10.2. The highest BCUT2D eigenvalue weighted by atomic mass is 35.5. The first-order chi connectivity index (χ1) is 10.1. The van der Waals surface area contributed by atoms with Crippen molar-refractivity contribution in [1.82, 2.24) is 14.5 Å². The van der Waals surface area contributed by atoms with Crippen LogP contribution in [0.3, 0.4) is 0 Å². The van der Waals surface area contributed by atoms with Crippen molar-refractivity contribution in [2.24, 2.45) is 0 Å². The molecule has 0 aliphatic carbocycles. The van der Waals surface area contributed by atoms with E-state index < -0.39 is 11.6 Å². The van der Waals surface area contributed by atoms with E-state index in [0.29, 0.717) is 29.3 Å². The molecule has 0 saturated heterocycles. The normalized spacial score (nSPS) is 11.2. The van der Waals surface area contributed by atoms with Crippen LogP contribution in [0.4, 0.5) is 8.78 Å². The van der Waals surface area contributed by atoms with Crippen LogP contribution < -0.4 is 0 Å². The first-order valence-electron chi connectivity index (χ1n) is 6.47. The van der Waals surface area contributed by atoms with Crippen LogP contribution in [0.25, 0.3) is 16.9 Å². The molecule has 3 aromatic rings. The van der Waals surface area contributed by atoms with Crippen LogP contribution in [0, 0.1) is 18.6 Å². The molecule has 3 rings (SSSR count). The van der Waals surface area contributed by atoms with Crippen LogP contribution >= 0.6 is 11.6 Å². The zero-order valence-corrected chi connectivity index (χ0v) is 12.0. The SMILES string of the molecule is Cc1ccc2nc(CCCl)n(-c3cccc(F)c3F)c2n1. The van der Waals surface area contributed by atoms with Gasteiger partial charge >= 0.3 is 0 Å². The Labute approximate surface area is 125 Å². The fraction of sp³-hybridized carbons (Fsp3) is 0.200. The van der Waals surface area contributed by atoms with E-state index >= 15 is 0 Å². The number of imidazole rings is 1. The van der Waals surface area contributed by atoms with Crippen molar-refractivity contribution in [3.8, 4) is 5.69 Å². The van der Waals surface area contributed by atoms with Crippen molar-refractivity contribution in [3.05, 3.63) is 53.5 Å². The summed E-state index contributed by atoms with van der Waals surface area (Å²) in [7, 11) is 0. The summed E-state index contributed by atoms with van der Waals surface area (Å²) < 4.78 is 29.2. The summed E-state index contributed by atoms with van der Waals surface area (Å²) in [5.74, 6) is -0.934. The number of hydrogen-bond donors (Lipinski definition) is 0. The Kier molecular flexibility index (Phi) is 3.59. The highest BCUT2D eigenvalue weighted by molar-refractivity contribution is 6.17. The van der Waals surface area contributed by atoms with Crippen LogP contribution in [0.1, 0.15) is 11.5 Å². The molecule has 0 N–H and O–H groups in total. The number of benzene rings is 1. The van der Waals surface area contributed by atoms with Crippen LogP contribution in [0.2, 0.25) is 0 Å². The third-order valence-electron chi connectivity index (χ3n) is 3.20. The van der Waals surface area contributed by atoms with Crippen molar-refractivity contribution >= 4 is 22.8 Å². The van der Waals surface area contributed by atoms with E-state index in [1.807, 2.05) is 19.1 Å². The Morgan fingerprint density at radius 3 is 2.71 bits per heavy atom. The predicted octanol–water partition coefficient (Wildman–Crippen LogP) is 3.79. The van der Waals surface area contributed by atoms with Crippen molar-refractivity contribution in [2.75, 3.05) is 5.88 Å². The smallest absolute Gasteiger partial charge is 0.182 e. The molecule has 2 heterocycles. The lowest BCUT2D eigenvalue weighted by Gasteiger charge is -2.09. The number of pyridine rings is 1. The van der Waals surface area contributed by atoms with Crippen LogP contribution in [0.15, 0.2) is 30.3 Å². The van der Waals surface area contributed by atoms with E-state index in [-0.39, 0.29) is 5.69 Å². The van der Waals surface area contributed by atoms with Crippen molar-refractivity contribution in [1.29, 1.82) is 0 Å². The summed E-state index contributed by atoms with van der Waals surface area (Å²) >= 11 is 5.78. The molecule has 21 heavy (non-hydrogen) atoms. The number of aryl methyl sites for hydroxylation is 2. The number of aromatic nitrogens is 3. The van der Waals surface area contributed by atoms with E-state index in [0.717, 1.165) is 11.8 Å². The topological polar surface area (TPSA) is 30.7 Å². The van der Waals surface area contributed by atoms with Gasteiger partial charge in [0.15, 0.2) is 17.3 Å². The van der Waals surface area contributed by atoms with Gasteiger partial charge in [-0.15, -0.1) is 11.6 Å². The van der Waals surface area contributed by atoms with Gasteiger partial charge in [-0.3, -0.25) is 4.57 Å². The zero-order valence-electron chi connectivity index (χ0n) is 11.3. The van der Waals surface area contributed by atoms with E-state index in [4.69, 9.17) is 11.6 Å². The summed E-state index contributed by atoms with van der Waals surface area (Å²) in [6.07, 6.45) is 0.437. The lowest BCUT2D eigenvalue weighted by Crippen LogP contribution is -2.06. The average Bonchev–Trinajstić information content (AvgIpc) is 2.80. The third kappa shape index (κ3) is 2.38. The van der Waals surface area contributed by atoms with Gasteiger partial charge in [-0.2, -0.15) is 0 Å². The van der Waals surface area contributed by atoms with Gasteiger partial charge in [0.2, 0.25) is 0 Å². The Morgan fingerprint density at radius 2 is 1.95 bits per heavy atom. The molecule has 0 aliphatic heterocycles. The summed E-state index contributed by atoms with van der Waals surface area (Å²) in [6, 6.07) is 7.67. The molecule has 0 saturated carbocycles. The monoisotopic (exact) mass is 307 g/mol. The molecule has 0 unspecified atom stereocenters. The van der Waals surface area contributed by atoms with E-state index in [1.54, 1.807) is 0 Å². The molecular weight excluding hydrogens is 296 g/mol. The van der Waals surface area contributed by atoms with Gasteiger partial charge in [0.05, 0.1) is 5.69 Å². The minimum absolute atomic E-state index is 0.0933. The maximum atomic E-state index is 14.1. The first kappa shape index (κ1) is 13.9. The maximum absolute atomic E-state index is 14.1. The second kappa shape index (κ2) is 5.41. The van der Waals surface area contributed by atoms with Gasteiger partial charge in [-0.1, -0.05) is 6.07 Å². The number of nitrogens with zero attached hydrogens (tertiary/aromatic N) is 3. The van der Waals surface area contributed by atoms with Gasteiger partial charge in [0.1, 0.15) is 11.3 Å². The molecule has 0 atom stereocenters. The van der Waals surface area contributed by atoms with Crippen LogP contribution in [-0.4, -0.2) is 20.4 Å². The second-order valence-corrected chi connectivity index (χ2v) is 5.05. The van der Waals surface area contributed by atoms with Gasteiger partial charge in [-0.25, -0.2) is 18.7 Å². The first-order valence-corrected chi connectivity index (χ1v) is 7.00. The van der Waals surface area contributed by atoms with Crippen molar-refractivity contribution in [3.63, 3.8) is 0 Å². The molecule has 108 valence electrons. The predicted molar refractivity (Wildman–Crippen MR) is 77.9 cm³/mol. The molecule has 0 aliphatic rings. The lowest BCUT2D eigenvalue weighted by molar-refractivity contribution is 0.504. The Hall–Kier alpha value is -2.01. The van der Waals surface area contributed by atoms with E-state index in [1.165, 1.54) is 16.7 Å². The number of alkyl halides is 1. The fourth-order valence-electron chi connectivity index (χ4n) is 2.27. The maximum Gasteiger partial charge on any atom is 0.182 e. The van der Waals surface area contributed by atoms with Crippen LogP contribution in [-0.2, 0) is 6.42 Å². The molecule has 3 nitrogen and oxygen atoms in total. The summed E-state index contributed by atoms with van der Waals surface area (Å²) in [5, 5.41) is 0. The highest BCUT2D eigenvalue weighted by Crippen LogP contribution is 2.24. The van der Waals surface area contributed by atoms with Gasteiger partial charge in [0, 0.05) is 18.0 Å². The summed E-state index contributed by atoms with van der Waals surface area (Å²) in [5.41, 5.74) is 2.00. The summed E-state index contributed by atoms with van der Waals surface area (Å²) in [4.78, 5) is 8.81. The van der Waals surface area contributed by atoms with Gasteiger partial charge < -0.3 is 0 Å². The Balaban J connectivity index is 2.35. The number of rotatable bonds is 3. The average molecular weight is 308 g/mol. The third-order valence-corrected chi connectivity index (χ3v) is 3.39. The molecule has 0 fully saturated rings. The Bertz CT molecular complexity index is 814. The number of halogens is 3. The molecule has 0 amide bonds. The molecule has 1 aromatic carbocycles. The summed E-state index contributed by atoms with van der Waals surface area (Å²) in [6.45, 7) is 1.83. The molecule has 0 radical (unpaired) electrons. The van der Waals surface area contributed by atoms with Gasteiger partial charge in [0.25, 0.3) is 0 Å². The second-order valence-electron chi connectivity index (χ2n) is 4.67. The molecule has 6 heteroatoms. The van der Waals surface area contributed by atoms with Crippen molar-refractivity contribution in [2.45, 2.75) is 13.3 Å². The molecule has 2 aromatic heterocycles. The fourth-order valence-corrected chi connectivity index (χ4v) is 2.44. The van der Waals surface area contributed by atoms with E-state index in [9.17, 15) is 8.78 Å². The van der Waals surface area contributed by atoms with Gasteiger partial charge in [-0.05, 0) is 31.2 Å². The minimum atomic E-state index is -0.920. The van der Waals surface area contributed by atoms with Crippen molar-refractivity contribution < 1.29 is 8.78 Å². The minimum Gasteiger partial charge on any atom is -0.278 e. The molecule has 0 spiro atoms. The molecular formula is C15H12ClF2N3. The largest absolute Gasteiger partial charge is 0.278 e. The number of hydrogen-bond acceptors (Lipinski definition) is 2. The van der Waals surface area contributed by atoms with Crippen LogP contribution in [0.5, 0.6) is 0 Å². The standard InChI is InChI=1S/C15H12ClF2N3/c1-9-5-6-11-15(19-9)21(13(20-11)7-8-16)12-4-2-3-10(17)14(12)18/h2-6H,7-8H2,1H3. The molecule has 0 bridgehead atoms.